The van der Waals surface area contributed by atoms with Gasteiger partial charge >= 0.3 is 0 Å². The lowest BCUT2D eigenvalue weighted by molar-refractivity contribution is -0.0817. The van der Waals surface area contributed by atoms with Gasteiger partial charge in [-0.1, -0.05) is 11.6 Å². The Morgan fingerprint density at radius 1 is 1.32 bits per heavy atom. The molecule has 0 amide bonds. The number of guanidine groups is 1. The summed E-state index contributed by atoms with van der Waals surface area (Å²) in [5, 5.41) is 5.38. The van der Waals surface area contributed by atoms with Gasteiger partial charge in [0.1, 0.15) is 6.10 Å². The van der Waals surface area contributed by atoms with E-state index in [1.54, 1.807) is 0 Å². The van der Waals surface area contributed by atoms with Gasteiger partial charge in [-0.3, -0.25) is 4.99 Å². The molecule has 0 spiro atoms. The van der Waals surface area contributed by atoms with Crippen molar-refractivity contribution in [2.45, 2.75) is 38.4 Å². The van der Waals surface area contributed by atoms with Crippen LogP contribution >= 0.6 is 11.6 Å². The molecular formula is C21H29ClN4O2. The average Bonchev–Trinajstić information content (AvgIpc) is 3.38. The third-order valence-corrected chi connectivity index (χ3v) is 5.71. The van der Waals surface area contributed by atoms with Gasteiger partial charge in [-0.05, 0) is 49.9 Å². The summed E-state index contributed by atoms with van der Waals surface area (Å²) in [7, 11) is 0. The maximum atomic E-state index is 6.16. The first-order valence-corrected chi connectivity index (χ1v) is 10.6. The van der Waals surface area contributed by atoms with Crippen molar-refractivity contribution < 1.29 is 9.47 Å². The molecule has 2 aliphatic heterocycles. The molecule has 0 aliphatic carbocycles. The van der Waals surface area contributed by atoms with Gasteiger partial charge < -0.3 is 24.7 Å². The van der Waals surface area contributed by atoms with Crippen LogP contribution in [0.25, 0.3) is 10.9 Å². The number of nitrogens with one attached hydrogen (secondary N) is 2. The van der Waals surface area contributed by atoms with Gasteiger partial charge in [-0.15, -0.1) is 0 Å². The third-order valence-electron chi connectivity index (χ3n) is 5.48. The van der Waals surface area contributed by atoms with E-state index in [1.165, 1.54) is 10.9 Å². The van der Waals surface area contributed by atoms with Crippen LogP contribution in [0.4, 0.5) is 0 Å². The maximum absolute atomic E-state index is 6.16. The van der Waals surface area contributed by atoms with Crippen LogP contribution in [0, 0.1) is 0 Å². The van der Waals surface area contributed by atoms with Gasteiger partial charge in [0.15, 0.2) is 5.96 Å². The van der Waals surface area contributed by atoms with Crippen molar-refractivity contribution in [3.63, 3.8) is 0 Å². The highest BCUT2D eigenvalue weighted by atomic mass is 35.5. The highest BCUT2D eigenvalue weighted by Crippen LogP contribution is 2.23. The highest BCUT2D eigenvalue weighted by molar-refractivity contribution is 6.31. The zero-order valence-electron chi connectivity index (χ0n) is 16.4. The van der Waals surface area contributed by atoms with Crippen LogP contribution in [-0.4, -0.2) is 67.4 Å². The molecule has 4 rings (SSSR count). The lowest BCUT2D eigenvalue weighted by Gasteiger charge is -2.37. The molecule has 1 aromatic carbocycles. The number of aromatic amines is 1. The van der Waals surface area contributed by atoms with Crippen LogP contribution < -0.4 is 5.32 Å². The van der Waals surface area contributed by atoms with Crippen LogP contribution in [0.3, 0.4) is 0 Å². The number of fused-ring (bicyclic) bond motifs is 1. The number of hydrogen-bond acceptors (Lipinski definition) is 3. The van der Waals surface area contributed by atoms with Crippen molar-refractivity contribution in [2.75, 3.05) is 39.4 Å². The zero-order chi connectivity index (χ0) is 19.3. The summed E-state index contributed by atoms with van der Waals surface area (Å²) >= 11 is 6.16. The Kier molecular flexibility index (Phi) is 6.40. The lowest BCUT2D eigenvalue weighted by Crippen LogP contribution is -2.53. The Hall–Kier alpha value is -1.76. The first-order valence-electron chi connectivity index (χ1n) is 10.3. The van der Waals surface area contributed by atoms with Crippen LogP contribution in [0.15, 0.2) is 29.4 Å². The van der Waals surface area contributed by atoms with E-state index in [0.717, 1.165) is 75.2 Å². The van der Waals surface area contributed by atoms with Crippen molar-refractivity contribution in [1.29, 1.82) is 0 Å². The smallest absolute Gasteiger partial charge is 0.194 e. The molecule has 2 saturated heterocycles. The first-order chi connectivity index (χ1) is 13.7. The lowest BCUT2D eigenvalue weighted by atomic mass is 10.1. The largest absolute Gasteiger partial charge is 0.375 e. The van der Waals surface area contributed by atoms with E-state index in [0.29, 0.717) is 0 Å². The molecule has 2 atom stereocenters. The van der Waals surface area contributed by atoms with Gasteiger partial charge in [0.25, 0.3) is 0 Å². The Bertz CT molecular complexity index is 816. The number of rotatable bonds is 5. The Labute approximate surface area is 171 Å². The number of aromatic nitrogens is 1. The summed E-state index contributed by atoms with van der Waals surface area (Å²) in [6, 6.07) is 5.95. The third kappa shape index (κ3) is 4.45. The monoisotopic (exact) mass is 404 g/mol. The molecule has 7 heteroatoms. The van der Waals surface area contributed by atoms with E-state index in [9.17, 15) is 0 Å². The van der Waals surface area contributed by atoms with Crippen molar-refractivity contribution >= 4 is 28.5 Å². The number of morpholine rings is 1. The van der Waals surface area contributed by atoms with E-state index in [4.69, 9.17) is 26.1 Å². The summed E-state index contributed by atoms with van der Waals surface area (Å²) in [4.78, 5) is 10.5. The summed E-state index contributed by atoms with van der Waals surface area (Å²) in [5.74, 6) is 0.965. The molecule has 2 fully saturated rings. The predicted octanol–water partition coefficient (Wildman–Crippen LogP) is 3.21. The minimum atomic E-state index is 0.135. The molecule has 1 aromatic heterocycles. The fourth-order valence-electron chi connectivity index (χ4n) is 4.05. The van der Waals surface area contributed by atoms with Gasteiger partial charge in [0.05, 0.1) is 12.7 Å². The molecule has 0 saturated carbocycles. The second kappa shape index (κ2) is 9.16. The number of aliphatic imine (C=N–C) groups is 1. The second-order valence-corrected chi connectivity index (χ2v) is 7.83. The molecule has 152 valence electrons. The highest BCUT2D eigenvalue weighted by Gasteiger charge is 2.32. The molecule has 2 N–H and O–H groups in total. The summed E-state index contributed by atoms with van der Waals surface area (Å²) in [6.45, 7) is 6.95. The molecule has 2 unspecified atom stereocenters. The van der Waals surface area contributed by atoms with Crippen LogP contribution in [0.1, 0.15) is 25.3 Å². The van der Waals surface area contributed by atoms with Crippen molar-refractivity contribution in [2.24, 2.45) is 4.99 Å². The van der Waals surface area contributed by atoms with E-state index >= 15 is 0 Å². The Balaban J connectivity index is 1.41. The SMILES string of the molecule is CCNC(=NCCc1c[nH]c2ccc(Cl)cc12)N1CCOC(C2CCCO2)C1. The summed E-state index contributed by atoms with van der Waals surface area (Å²) < 4.78 is 11.8. The number of halogens is 1. The van der Waals surface area contributed by atoms with Crippen LogP contribution in [0.5, 0.6) is 0 Å². The average molecular weight is 405 g/mol. The van der Waals surface area contributed by atoms with Crippen molar-refractivity contribution in [3.8, 4) is 0 Å². The van der Waals surface area contributed by atoms with E-state index in [-0.39, 0.29) is 12.2 Å². The van der Waals surface area contributed by atoms with Gasteiger partial charge in [-0.25, -0.2) is 0 Å². The molecule has 2 aliphatic rings. The Morgan fingerprint density at radius 2 is 2.21 bits per heavy atom. The second-order valence-electron chi connectivity index (χ2n) is 7.40. The minimum Gasteiger partial charge on any atom is -0.375 e. The number of ether oxygens (including phenoxy) is 2. The molecule has 2 aromatic rings. The molecule has 0 bridgehead atoms. The van der Waals surface area contributed by atoms with E-state index in [2.05, 4.69) is 28.3 Å². The quantitative estimate of drug-likeness (QED) is 0.593. The molecular weight excluding hydrogens is 376 g/mol. The van der Waals surface area contributed by atoms with Crippen LogP contribution in [-0.2, 0) is 15.9 Å². The molecule has 0 radical (unpaired) electrons. The fourth-order valence-corrected chi connectivity index (χ4v) is 4.23. The number of nitrogens with zero attached hydrogens (tertiary/aromatic N) is 2. The van der Waals surface area contributed by atoms with Crippen molar-refractivity contribution in [3.05, 3.63) is 35.0 Å². The predicted molar refractivity (Wildman–Crippen MR) is 113 cm³/mol. The topological polar surface area (TPSA) is 61.9 Å². The zero-order valence-corrected chi connectivity index (χ0v) is 17.2. The summed E-state index contributed by atoms with van der Waals surface area (Å²) in [6.07, 6.45) is 5.51. The molecule has 28 heavy (non-hydrogen) atoms. The standard InChI is InChI=1S/C21H29ClN4O2/c1-2-23-21(26-9-11-28-20(14-26)19-4-3-10-27-19)24-8-7-15-13-25-18-6-5-16(22)12-17(15)18/h5-6,12-13,19-20,25H,2-4,7-11,14H2,1H3,(H,23,24). The fraction of sp³-hybridized carbons (Fsp3) is 0.571. The van der Waals surface area contributed by atoms with E-state index in [1.807, 2.05) is 18.2 Å². The van der Waals surface area contributed by atoms with E-state index < -0.39 is 0 Å². The number of H-pyrrole nitrogens is 1. The summed E-state index contributed by atoms with van der Waals surface area (Å²) in [5.41, 5.74) is 2.36. The Morgan fingerprint density at radius 3 is 3.04 bits per heavy atom. The van der Waals surface area contributed by atoms with Crippen molar-refractivity contribution in [1.82, 2.24) is 15.2 Å². The number of hydrogen-bond donors (Lipinski definition) is 2. The van der Waals surface area contributed by atoms with Crippen LogP contribution in [0.2, 0.25) is 5.02 Å². The maximum Gasteiger partial charge on any atom is 0.194 e. The van der Waals surface area contributed by atoms with Gasteiger partial charge in [-0.2, -0.15) is 0 Å². The first kappa shape index (κ1) is 19.6. The van der Waals surface area contributed by atoms with Gasteiger partial charge in [0, 0.05) is 54.9 Å². The van der Waals surface area contributed by atoms with Gasteiger partial charge in [0.2, 0.25) is 0 Å². The minimum absolute atomic E-state index is 0.135. The number of benzene rings is 1. The molecule has 3 heterocycles. The molecule has 6 nitrogen and oxygen atoms in total. The normalized spacial score (nSPS) is 23.5.